The molecule has 10 nitrogen and oxygen atoms in total. The van der Waals surface area contributed by atoms with Crippen LogP contribution in [0.4, 0.5) is 29.2 Å². The maximum absolute atomic E-state index is 10.9. The summed E-state index contributed by atoms with van der Waals surface area (Å²) in [5, 5.41) is 18.3. The molecule has 0 radical (unpaired) electrons. The Hall–Kier alpha value is -4.08. The standard InChI is InChI=1S/C21H22N8O2/c30-29(31)18-11-7-8-16(14-18)15-22-27-20-24-19(23-17-9-3-1-4-10-17)25-21(26-20)28-12-5-2-6-13-28/h1,3-4,7-11,14-15H,2,5-6,12-13H2,(H2,23,24,25,26,27)/b22-15-. The van der Waals surface area contributed by atoms with Crippen LogP contribution < -0.4 is 15.6 Å². The predicted octanol–water partition coefficient (Wildman–Crippen LogP) is 3.96. The Morgan fingerprint density at radius 3 is 2.52 bits per heavy atom. The zero-order valence-corrected chi connectivity index (χ0v) is 16.8. The molecule has 0 unspecified atom stereocenters. The van der Waals surface area contributed by atoms with E-state index in [1.54, 1.807) is 12.1 Å². The van der Waals surface area contributed by atoms with Crippen LogP contribution in [-0.2, 0) is 0 Å². The van der Waals surface area contributed by atoms with Crippen molar-refractivity contribution in [3.05, 3.63) is 70.3 Å². The molecule has 0 saturated carbocycles. The van der Waals surface area contributed by atoms with Crippen LogP contribution in [-0.4, -0.2) is 39.2 Å². The highest BCUT2D eigenvalue weighted by Crippen LogP contribution is 2.20. The highest BCUT2D eigenvalue weighted by Gasteiger charge is 2.16. The van der Waals surface area contributed by atoms with E-state index in [-0.39, 0.29) is 11.6 Å². The number of nitro benzene ring substituents is 1. The molecule has 2 aromatic carbocycles. The lowest BCUT2D eigenvalue weighted by Gasteiger charge is -2.26. The Balaban J connectivity index is 1.55. The summed E-state index contributed by atoms with van der Waals surface area (Å²) in [4.78, 5) is 26.1. The fraction of sp³-hybridized carbons (Fsp3) is 0.238. The molecule has 4 rings (SSSR count). The first-order valence-corrected chi connectivity index (χ1v) is 10.0. The number of nitrogens with zero attached hydrogens (tertiary/aromatic N) is 6. The van der Waals surface area contributed by atoms with Gasteiger partial charge in [0.1, 0.15) is 0 Å². The van der Waals surface area contributed by atoms with E-state index in [9.17, 15) is 10.1 Å². The lowest BCUT2D eigenvalue weighted by molar-refractivity contribution is -0.384. The minimum absolute atomic E-state index is 0.00541. The molecular weight excluding hydrogens is 396 g/mol. The number of piperidine rings is 1. The molecule has 0 bridgehead atoms. The van der Waals surface area contributed by atoms with Crippen LogP contribution in [0.25, 0.3) is 0 Å². The van der Waals surface area contributed by atoms with Crippen molar-refractivity contribution in [2.24, 2.45) is 5.10 Å². The van der Waals surface area contributed by atoms with Crippen LogP contribution in [0.1, 0.15) is 24.8 Å². The third-order valence-corrected chi connectivity index (χ3v) is 4.75. The summed E-state index contributed by atoms with van der Waals surface area (Å²) >= 11 is 0. The highest BCUT2D eigenvalue weighted by molar-refractivity contribution is 5.81. The average molecular weight is 418 g/mol. The summed E-state index contributed by atoms with van der Waals surface area (Å²) in [5.41, 5.74) is 4.28. The van der Waals surface area contributed by atoms with Gasteiger partial charge < -0.3 is 10.2 Å². The molecule has 2 heterocycles. The number of non-ortho nitro benzene ring substituents is 1. The summed E-state index contributed by atoms with van der Waals surface area (Å²) in [7, 11) is 0. The van der Waals surface area contributed by atoms with E-state index in [2.05, 4.69) is 35.7 Å². The largest absolute Gasteiger partial charge is 0.341 e. The van der Waals surface area contributed by atoms with Crippen molar-refractivity contribution < 1.29 is 4.92 Å². The summed E-state index contributed by atoms with van der Waals surface area (Å²) < 4.78 is 0. The number of hydrogen-bond acceptors (Lipinski definition) is 9. The Labute approximate surface area is 179 Å². The summed E-state index contributed by atoms with van der Waals surface area (Å²) in [6.45, 7) is 1.79. The zero-order valence-electron chi connectivity index (χ0n) is 16.8. The van der Waals surface area contributed by atoms with Crippen LogP contribution in [0.3, 0.4) is 0 Å². The van der Waals surface area contributed by atoms with E-state index >= 15 is 0 Å². The molecular formula is C21H22N8O2. The monoisotopic (exact) mass is 418 g/mol. The van der Waals surface area contributed by atoms with E-state index < -0.39 is 4.92 Å². The molecule has 2 N–H and O–H groups in total. The van der Waals surface area contributed by atoms with Crippen LogP contribution in [0, 0.1) is 10.1 Å². The van der Waals surface area contributed by atoms with Gasteiger partial charge in [0.2, 0.25) is 17.8 Å². The molecule has 158 valence electrons. The second kappa shape index (κ2) is 9.61. The summed E-state index contributed by atoms with van der Waals surface area (Å²) in [6, 6.07) is 15.9. The molecule has 3 aromatic rings. The van der Waals surface area contributed by atoms with Gasteiger partial charge in [-0.05, 0) is 31.4 Å². The predicted molar refractivity (Wildman–Crippen MR) is 120 cm³/mol. The number of nitrogens with one attached hydrogen (secondary N) is 2. The molecule has 0 spiro atoms. The van der Waals surface area contributed by atoms with Crippen molar-refractivity contribution in [3.8, 4) is 0 Å². The van der Waals surface area contributed by atoms with E-state index in [4.69, 9.17) is 0 Å². The van der Waals surface area contributed by atoms with Gasteiger partial charge in [-0.3, -0.25) is 10.1 Å². The maximum atomic E-state index is 10.9. The van der Waals surface area contributed by atoms with Crippen molar-refractivity contribution in [1.29, 1.82) is 0 Å². The van der Waals surface area contributed by atoms with Gasteiger partial charge in [-0.1, -0.05) is 30.3 Å². The minimum atomic E-state index is -0.441. The van der Waals surface area contributed by atoms with Crippen LogP contribution in [0.2, 0.25) is 0 Å². The molecule has 31 heavy (non-hydrogen) atoms. The van der Waals surface area contributed by atoms with Crippen molar-refractivity contribution >= 4 is 35.4 Å². The van der Waals surface area contributed by atoms with Gasteiger partial charge in [0.25, 0.3) is 5.69 Å². The van der Waals surface area contributed by atoms with Gasteiger partial charge in [0.05, 0.1) is 11.1 Å². The molecule has 0 aliphatic carbocycles. The third-order valence-electron chi connectivity index (χ3n) is 4.75. The van der Waals surface area contributed by atoms with Gasteiger partial charge >= 0.3 is 0 Å². The number of nitro groups is 1. The number of aromatic nitrogens is 3. The van der Waals surface area contributed by atoms with E-state index in [0.29, 0.717) is 17.5 Å². The fourth-order valence-electron chi connectivity index (χ4n) is 3.24. The van der Waals surface area contributed by atoms with Crippen molar-refractivity contribution in [3.63, 3.8) is 0 Å². The molecule has 1 aliphatic heterocycles. The first-order chi connectivity index (χ1) is 15.2. The number of rotatable bonds is 7. The number of anilines is 4. The van der Waals surface area contributed by atoms with Crippen molar-refractivity contribution in [2.75, 3.05) is 28.7 Å². The Morgan fingerprint density at radius 2 is 1.74 bits per heavy atom. The quantitative estimate of drug-likeness (QED) is 0.336. The molecule has 10 heteroatoms. The lowest BCUT2D eigenvalue weighted by atomic mass is 10.1. The van der Waals surface area contributed by atoms with Crippen molar-refractivity contribution in [2.45, 2.75) is 19.3 Å². The summed E-state index contributed by atoms with van der Waals surface area (Å²) in [6.07, 6.45) is 4.89. The third kappa shape index (κ3) is 5.50. The van der Waals surface area contributed by atoms with E-state index in [0.717, 1.165) is 31.6 Å². The second-order valence-corrected chi connectivity index (χ2v) is 7.04. The highest BCUT2D eigenvalue weighted by atomic mass is 16.6. The van der Waals surface area contributed by atoms with Crippen molar-refractivity contribution in [1.82, 2.24) is 15.0 Å². The van der Waals surface area contributed by atoms with Gasteiger partial charge in [0.15, 0.2) is 0 Å². The lowest BCUT2D eigenvalue weighted by Crippen LogP contribution is -2.31. The molecule has 1 saturated heterocycles. The van der Waals surface area contributed by atoms with Crippen LogP contribution in [0.5, 0.6) is 0 Å². The number of para-hydroxylation sites is 1. The first kappa shape index (κ1) is 20.2. The first-order valence-electron chi connectivity index (χ1n) is 10.0. The second-order valence-electron chi connectivity index (χ2n) is 7.04. The molecule has 0 amide bonds. The minimum Gasteiger partial charge on any atom is -0.341 e. The van der Waals surface area contributed by atoms with E-state index in [1.807, 2.05) is 30.3 Å². The molecule has 1 aliphatic rings. The normalized spacial score (nSPS) is 13.9. The van der Waals surface area contributed by atoms with E-state index in [1.165, 1.54) is 24.8 Å². The number of hydrogen-bond donors (Lipinski definition) is 2. The van der Waals surface area contributed by atoms with Crippen LogP contribution >= 0.6 is 0 Å². The van der Waals surface area contributed by atoms with Gasteiger partial charge in [-0.15, -0.1) is 0 Å². The van der Waals surface area contributed by atoms with Gasteiger partial charge in [0, 0.05) is 36.5 Å². The van der Waals surface area contributed by atoms with Gasteiger partial charge in [-0.25, -0.2) is 5.43 Å². The Kier molecular flexibility index (Phi) is 6.26. The van der Waals surface area contributed by atoms with Crippen LogP contribution in [0.15, 0.2) is 59.7 Å². The Bertz CT molecular complexity index is 1070. The topological polar surface area (TPSA) is 121 Å². The summed E-state index contributed by atoms with van der Waals surface area (Å²) in [5.74, 6) is 1.28. The molecule has 1 fully saturated rings. The number of benzene rings is 2. The SMILES string of the molecule is O=[N+]([O-])c1cccc(/C=N\Nc2nc(Nc3ccccc3)nc(N3CCCCC3)n2)c1. The zero-order chi connectivity index (χ0) is 21.5. The average Bonchev–Trinajstić information content (AvgIpc) is 2.80. The Morgan fingerprint density at radius 1 is 0.968 bits per heavy atom. The fourth-order valence-corrected chi connectivity index (χ4v) is 3.24. The van der Waals surface area contributed by atoms with Gasteiger partial charge in [-0.2, -0.15) is 20.1 Å². The molecule has 1 aromatic heterocycles. The maximum Gasteiger partial charge on any atom is 0.270 e. The molecule has 0 atom stereocenters. The smallest absolute Gasteiger partial charge is 0.270 e. The number of hydrazone groups is 1.